The number of aryl methyl sites for hydroxylation is 1. The number of nitrogens with one attached hydrogen (secondary N) is 1. The van der Waals surface area contributed by atoms with Crippen LogP contribution in [-0.4, -0.2) is 13.0 Å². The highest BCUT2D eigenvalue weighted by Gasteiger charge is 2.13. The van der Waals surface area contributed by atoms with E-state index in [2.05, 4.69) is 5.32 Å². The molecule has 2 heteroatoms. The molecule has 0 amide bonds. The Balaban J connectivity index is 2.57. The van der Waals surface area contributed by atoms with Crippen LogP contribution in [0.5, 0.6) is 0 Å². The van der Waals surface area contributed by atoms with E-state index in [4.69, 9.17) is 17.1 Å². The highest BCUT2D eigenvalue weighted by Crippen LogP contribution is 2.25. The van der Waals surface area contributed by atoms with Crippen molar-refractivity contribution in [3.05, 3.63) is 34.3 Å². The number of halogens is 1. The van der Waals surface area contributed by atoms with Gasteiger partial charge in [-0.25, -0.2) is 0 Å². The summed E-state index contributed by atoms with van der Waals surface area (Å²) >= 11 is 5.92. The first-order valence-electron chi connectivity index (χ1n) is 6.29. The predicted molar refractivity (Wildman–Crippen MR) is 56.4 cm³/mol. The monoisotopic (exact) mass is 199 g/mol. The molecule has 0 unspecified atom stereocenters. The molecule has 0 saturated carbocycles. The highest BCUT2D eigenvalue weighted by atomic mass is 35.5. The van der Waals surface area contributed by atoms with Gasteiger partial charge in [0.1, 0.15) is 0 Å². The first-order chi connectivity index (χ1) is 7.71. The molecule has 0 bridgehead atoms. The molecule has 1 aromatic rings. The van der Waals surface area contributed by atoms with Gasteiger partial charge in [-0.3, -0.25) is 0 Å². The molecule has 0 fully saturated rings. The van der Waals surface area contributed by atoms with Crippen LogP contribution in [0.2, 0.25) is 5.02 Å². The fourth-order valence-electron chi connectivity index (χ4n) is 1.51. The Hall–Kier alpha value is -0.530. The van der Waals surface area contributed by atoms with E-state index in [1.165, 1.54) is 0 Å². The number of fused-ring (bicyclic) bond motifs is 1. The molecule has 2 rings (SSSR count). The molecular weight excluding hydrogens is 182 g/mol. The Labute approximate surface area is 89.7 Å². The van der Waals surface area contributed by atoms with Crippen molar-refractivity contribution < 1.29 is 5.48 Å². The highest BCUT2D eigenvalue weighted by molar-refractivity contribution is 6.30. The molecule has 0 radical (unpaired) electrons. The van der Waals surface area contributed by atoms with E-state index in [-0.39, 0.29) is 6.42 Å². The summed E-state index contributed by atoms with van der Waals surface area (Å²) in [7, 11) is 0. The largest absolute Gasteiger partial charge is 0.316 e. The van der Waals surface area contributed by atoms with Crippen LogP contribution in [0.4, 0.5) is 0 Å². The smallest absolute Gasteiger partial charge is 0.0434 e. The van der Waals surface area contributed by atoms with Crippen molar-refractivity contribution in [2.75, 3.05) is 13.0 Å². The third-order valence-electron chi connectivity index (χ3n) is 2.23. The summed E-state index contributed by atoms with van der Waals surface area (Å²) < 4.78 is 31.4. The number of hydrogen-bond acceptors (Lipinski definition) is 1. The molecule has 1 aliphatic heterocycles. The molecule has 1 aliphatic rings. The lowest BCUT2D eigenvalue weighted by atomic mass is 9.96. The second-order valence-corrected chi connectivity index (χ2v) is 3.62. The van der Waals surface area contributed by atoms with E-state index >= 15 is 0 Å². The van der Waals surface area contributed by atoms with Crippen LogP contribution in [0.1, 0.15) is 29.5 Å². The SMILES string of the molecule is [2H]C1([2H])Cc2ccc(Cl)cc2[C@@H](C)C([2H])([2H])N1. The van der Waals surface area contributed by atoms with Gasteiger partial charge in [0.25, 0.3) is 0 Å². The molecule has 0 spiro atoms. The fourth-order valence-corrected chi connectivity index (χ4v) is 1.69. The Morgan fingerprint density at radius 2 is 2.46 bits per heavy atom. The zero-order valence-electron chi connectivity index (χ0n) is 11.4. The maximum Gasteiger partial charge on any atom is 0.0434 e. The average molecular weight is 200 g/mol. The minimum Gasteiger partial charge on any atom is -0.316 e. The molecule has 1 aromatic carbocycles. The van der Waals surface area contributed by atoms with Crippen LogP contribution in [0.3, 0.4) is 0 Å². The van der Waals surface area contributed by atoms with Crippen LogP contribution in [0.15, 0.2) is 18.2 Å². The van der Waals surface area contributed by atoms with E-state index in [1.54, 1.807) is 25.1 Å². The number of rotatable bonds is 0. The molecule has 1 heterocycles. The maximum atomic E-state index is 7.90. The van der Waals surface area contributed by atoms with Gasteiger partial charge in [-0.05, 0) is 42.1 Å². The van der Waals surface area contributed by atoms with Crippen molar-refractivity contribution in [3.8, 4) is 0 Å². The van der Waals surface area contributed by atoms with E-state index in [9.17, 15) is 0 Å². The van der Waals surface area contributed by atoms with Gasteiger partial charge < -0.3 is 5.32 Å². The number of hydrogen-bond donors (Lipinski definition) is 1. The summed E-state index contributed by atoms with van der Waals surface area (Å²) in [5.74, 6) is -0.450. The standard InChI is InChI=1S/C11H14ClN/c1-8-7-13-5-4-9-2-3-10(12)6-11(8)9/h2-3,6,8,13H,4-5,7H2,1H3/t8-/m0/s1/i5D2,7D2. The summed E-state index contributed by atoms with van der Waals surface area (Å²) in [4.78, 5) is 0. The van der Waals surface area contributed by atoms with Crippen molar-refractivity contribution in [2.24, 2.45) is 0 Å². The third-order valence-corrected chi connectivity index (χ3v) is 2.47. The molecule has 13 heavy (non-hydrogen) atoms. The lowest BCUT2D eigenvalue weighted by molar-refractivity contribution is 0.644. The van der Waals surface area contributed by atoms with Gasteiger partial charge in [0, 0.05) is 17.0 Å². The van der Waals surface area contributed by atoms with Crippen LogP contribution in [0, 0.1) is 0 Å². The predicted octanol–water partition coefficient (Wildman–Crippen LogP) is 2.59. The van der Waals surface area contributed by atoms with Crippen LogP contribution in [-0.2, 0) is 6.42 Å². The molecule has 1 nitrogen and oxygen atoms in total. The van der Waals surface area contributed by atoms with E-state index in [1.807, 2.05) is 0 Å². The zero-order valence-corrected chi connectivity index (χ0v) is 8.15. The quantitative estimate of drug-likeness (QED) is 0.678. The summed E-state index contributed by atoms with van der Waals surface area (Å²) in [5, 5.41) is 2.98. The Kier molecular flexibility index (Phi) is 1.52. The molecule has 70 valence electrons. The number of benzene rings is 1. The third kappa shape index (κ3) is 1.87. The zero-order chi connectivity index (χ0) is 12.8. The maximum absolute atomic E-state index is 7.90. The van der Waals surface area contributed by atoms with Gasteiger partial charge >= 0.3 is 0 Å². The summed E-state index contributed by atoms with van der Waals surface area (Å²) in [6, 6.07) is 5.21. The van der Waals surface area contributed by atoms with Crippen LogP contribution in [0.25, 0.3) is 0 Å². The lowest BCUT2D eigenvalue weighted by Crippen LogP contribution is -2.18. The Morgan fingerprint density at radius 3 is 3.31 bits per heavy atom. The molecule has 0 aliphatic carbocycles. The van der Waals surface area contributed by atoms with Crippen LogP contribution >= 0.6 is 11.6 Å². The summed E-state index contributed by atoms with van der Waals surface area (Å²) in [6.07, 6.45) is 0.142. The van der Waals surface area contributed by atoms with Crippen LogP contribution < -0.4 is 5.32 Å². The van der Waals surface area contributed by atoms with Crippen molar-refractivity contribution in [1.82, 2.24) is 5.32 Å². The lowest BCUT2D eigenvalue weighted by Gasteiger charge is -2.11. The van der Waals surface area contributed by atoms with Gasteiger partial charge in [0.05, 0.1) is 0 Å². The van der Waals surface area contributed by atoms with Gasteiger partial charge in [-0.1, -0.05) is 24.6 Å². The van der Waals surface area contributed by atoms with Gasteiger partial charge in [-0.15, -0.1) is 0 Å². The second kappa shape index (κ2) is 3.69. The first-order valence-corrected chi connectivity index (χ1v) is 4.67. The molecule has 1 N–H and O–H groups in total. The van der Waals surface area contributed by atoms with Crippen molar-refractivity contribution >= 4 is 11.6 Å². The normalized spacial score (nSPS) is 34.5. The first kappa shape index (κ1) is 5.38. The van der Waals surface area contributed by atoms with Crippen molar-refractivity contribution in [3.63, 3.8) is 0 Å². The minimum atomic E-state index is -1.79. The topological polar surface area (TPSA) is 12.0 Å². The van der Waals surface area contributed by atoms with Gasteiger partial charge in [-0.2, -0.15) is 0 Å². The van der Waals surface area contributed by atoms with Gasteiger partial charge in [0.15, 0.2) is 0 Å². The Bertz CT molecular complexity index is 447. The molecule has 0 aromatic heterocycles. The fraction of sp³-hybridized carbons (Fsp3) is 0.455. The minimum absolute atomic E-state index is 0.142. The summed E-state index contributed by atoms with van der Waals surface area (Å²) in [5.41, 5.74) is 1.58. The molecule has 1 atom stereocenters. The molecule has 0 saturated heterocycles. The van der Waals surface area contributed by atoms with Crippen molar-refractivity contribution in [1.29, 1.82) is 0 Å². The van der Waals surface area contributed by atoms with E-state index in [0.717, 1.165) is 11.1 Å². The average Bonchev–Trinajstić information content (AvgIpc) is 2.22. The second-order valence-electron chi connectivity index (χ2n) is 3.19. The van der Waals surface area contributed by atoms with E-state index in [0.29, 0.717) is 5.02 Å². The Morgan fingerprint density at radius 1 is 1.62 bits per heavy atom. The summed E-state index contributed by atoms with van der Waals surface area (Å²) in [6.45, 7) is -1.81. The van der Waals surface area contributed by atoms with E-state index < -0.39 is 18.9 Å². The molecular formula is C11H14ClN. The van der Waals surface area contributed by atoms with Crippen molar-refractivity contribution in [2.45, 2.75) is 19.3 Å². The van der Waals surface area contributed by atoms with Gasteiger partial charge in [0.2, 0.25) is 0 Å².